The van der Waals surface area contributed by atoms with E-state index in [1.165, 1.54) is 39.8 Å². The summed E-state index contributed by atoms with van der Waals surface area (Å²) < 4.78 is 44.2. The second kappa shape index (κ2) is 9.63. The number of hydrogen-bond acceptors (Lipinski definition) is 5. The summed E-state index contributed by atoms with van der Waals surface area (Å²) >= 11 is 6.18. The predicted octanol–water partition coefficient (Wildman–Crippen LogP) is 4.95. The van der Waals surface area contributed by atoms with E-state index in [2.05, 4.69) is 25.7 Å². The lowest BCUT2D eigenvalue weighted by atomic mass is 10.00. The van der Waals surface area contributed by atoms with Gasteiger partial charge in [-0.25, -0.2) is 9.78 Å². The molecule has 0 aliphatic rings. The summed E-state index contributed by atoms with van der Waals surface area (Å²) in [6.07, 6.45) is -3.23. The van der Waals surface area contributed by atoms with Gasteiger partial charge >= 0.3 is 6.18 Å². The quantitative estimate of drug-likeness (QED) is 0.328. The van der Waals surface area contributed by atoms with Gasteiger partial charge in [0.1, 0.15) is 17.2 Å². The predicted molar refractivity (Wildman–Crippen MR) is 134 cm³/mol. The first-order valence-electron chi connectivity index (χ1n) is 11.0. The fourth-order valence-corrected chi connectivity index (χ4v) is 4.03. The Hall–Kier alpha value is -4.71. The van der Waals surface area contributed by atoms with E-state index in [0.29, 0.717) is 23.1 Å². The highest BCUT2D eigenvalue weighted by Crippen LogP contribution is 2.39. The minimum Gasteiger partial charge on any atom is -0.306 e. The van der Waals surface area contributed by atoms with Gasteiger partial charge in [0.2, 0.25) is 0 Å². The smallest absolute Gasteiger partial charge is 0.306 e. The highest BCUT2D eigenvalue weighted by Gasteiger charge is 2.36. The Bertz CT molecular complexity index is 1690. The molecule has 9 nitrogen and oxygen atoms in total. The number of aromatic amines is 1. The van der Waals surface area contributed by atoms with Crippen LogP contribution in [0.5, 0.6) is 0 Å². The van der Waals surface area contributed by atoms with E-state index in [4.69, 9.17) is 11.6 Å². The van der Waals surface area contributed by atoms with Crippen LogP contribution in [0, 0.1) is 0 Å². The molecule has 5 aromatic rings. The van der Waals surface area contributed by atoms with Gasteiger partial charge in [-0.05, 0) is 36.4 Å². The summed E-state index contributed by atoms with van der Waals surface area (Å²) in [6.45, 7) is 0. The fraction of sp³-hybridized carbons (Fsp3) is 0.0800. The number of benzene rings is 2. The van der Waals surface area contributed by atoms with E-state index in [1.54, 1.807) is 37.4 Å². The van der Waals surface area contributed by atoms with Gasteiger partial charge in [-0.2, -0.15) is 28.5 Å². The van der Waals surface area contributed by atoms with Gasteiger partial charge in [-0.1, -0.05) is 29.8 Å². The van der Waals surface area contributed by atoms with Crippen LogP contribution in [0.2, 0.25) is 5.02 Å². The number of aromatic nitrogens is 6. The Morgan fingerprint density at radius 2 is 1.74 bits per heavy atom. The van der Waals surface area contributed by atoms with Gasteiger partial charge in [0.05, 0.1) is 27.5 Å². The third kappa shape index (κ3) is 4.93. The molecule has 1 amide bonds. The molecule has 2 N–H and O–H groups in total. The van der Waals surface area contributed by atoms with Gasteiger partial charge in [-0.3, -0.25) is 14.3 Å². The first kappa shape index (κ1) is 25.0. The topological polar surface area (TPSA) is 110 Å². The molecule has 0 spiro atoms. The molecule has 0 unspecified atom stereocenters. The standard InChI is InChI=1S/C25H17ClF3N7O2/c1-35-10-9-19(33-35)15-11-16(18(26)12-17(15)25(27,28)29)24(38)30-22-13-21(20-7-8-23(37)32-31-20)34-36(22)14-5-3-2-4-6-14/h2-13H,1H3,(H,30,38)(H,32,37). The molecule has 0 aliphatic heterocycles. The van der Waals surface area contributed by atoms with E-state index >= 15 is 0 Å². The zero-order valence-corrected chi connectivity index (χ0v) is 20.2. The molecule has 0 saturated heterocycles. The second-order valence-corrected chi connectivity index (χ2v) is 8.58. The third-order valence-corrected chi connectivity index (χ3v) is 5.85. The molecule has 0 aliphatic carbocycles. The molecule has 38 heavy (non-hydrogen) atoms. The van der Waals surface area contributed by atoms with Gasteiger partial charge in [-0.15, -0.1) is 0 Å². The first-order chi connectivity index (χ1) is 18.1. The number of amides is 1. The van der Waals surface area contributed by atoms with Gasteiger partial charge in [0.15, 0.2) is 0 Å². The summed E-state index contributed by atoms with van der Waals surface area (Å²) in [5, 5.41) is 17.1. The average molecular weight is 540 g/mol. The highest BCUT2D eigenvalue weighted by atomic mass is 35.5. The Balaban J connectivity index is 1.58. The molecular formula is C25H17ClF3N7O2. The molecule has 0 radical (unpaired) electrons. The average Bonchev–Trinajstić information content (AvgIpc) is 3.50. The number of H-pyrrole nitrogens is 1. The highest BCUT2D eigenvalue weighted by molar-refractivity contribution is 6.34. The van der Waals surface area contributed by atoms with Crippen molar-refractivity contribution < 1.29 is 18.0 Å². The number of nitrogens with zero attached hydrogens (tertiary/aromatic N) is 5. The monoisotopic (exact) mass is 539 g/mol. The van der Waals surface area contributed by atoms with Crippen LogP contribution in [0.3, 0.4) is 0 Å². The van der Waals surface area contributed by atoms with Crippen molar-refractivity contribution in [2.45, 2.75) is 6.18 Å². The summed E-state index contributed by atoms with van der Waals surface area (Å²) in [4.78, 5) is 24.8. The number of alkyl halides is 3. The lowest BCUT2D eigenvalue weighted by molar-refractivity contribution is -0.137. The summed E-state index contributed by atoms with van der Waals surface area (Å²) in [6, 6.07) is 16.3. The molecule has 3 heterocycles. The van der Waals surface area contributed by atoms with E-state index < -0.39 is 23.2 Å². The van der Waals surface area contributed by atoms with Crippen LogP contribution in [0.4, 0.5) is 19.0 Å². The minimum absolute atomic E-state index is 0.0336. The van der Waals surface area contributed by atoms with E-state index in [9.17, 15) is 22.8 Å². The van der Waals surface area contributed by atoms with Crippen molar-refractivity contribution in [1.82, 2.24) is 29.8 Å². The molecule has 13 heteroatoms. The molecule has 0 atom stereocenters. The summed E-state index contributed by atoms with van der Waals surface area (Å²) in [7, 11) is 1.57. The normalized spacial score (nSPS) is 11.5. The fourth-order valence-electron chi connectivity index (χ4n) is 3.78. The lowest BCUT2D eigenvalue weighted by Gasteiger charge is -2.15. The number of aryl methyl sites for hydroxylation is 1. The Kier molecular flexibility index (Phi) is 6.33. The molecule has 0 bridgehead atoms. The summed E-state index contributed by atoms with van der Waals surface area (Å²) in [5.41, 5.74) is -0.610. The number of halogens is 4. The Morgan fingerprint density at radius 1 is 0.974 bits per heavy atom. The number of nitrogens with one attached hydrogen (secondary N) is 2. The van der Waals surface area contributed by atoms with Crippen LogP contribution in [0.25, 0.3) is 28.3 Å². The molecule has 2 aromatic carbocycles. The van der Waals surface area contributed by atoms with Crippen molar-refractivity contribution in [3.05, 3.63) is 99.4 Å². The van der Waals surface area contributed by atoms with Crippen molar-refractivity contribution in [2.24, 2.45) is 7.05 Å². The van der Waals surface area contributed by atoms with Crippen LogP contribution in [-0.4, -0.2) is 35.7 Å². The zero-order chi connectivity index (χ0) is 27.0. The molecule has 3 aromatic heterocycles. The largest absolute Gasteiger partial charge is 0.417 e. The van der Waals surface area contributed by atoms with Gasteiger partial charge in [0.25, 0.3) is 11.5 Å². The van der Waals surface area contributed by atoms with Crippen molar-refractivity contribution in [3.8, 4) is 28.3 Å². The van der Waals surface area contributed by atoms with Crippen LogP contribution in [0.1, 0.15) is 15.9 Å². The number of rotatable bonds is 5. The first-order valence-corrected chi connectivity index (χ1v) is 11.4. The summed E-state index contributed by atoms with van der Waals surface area (Å²) in [5.74, 6) is -0.571. The van der Waals surface area contributed by atoms with Crippen molar-refractivity contribution in [3.63, 3.8) is 0 Å². The van der Waals surface area contributed by atoms with Gasteiger partial charge in [0, 0.05) is 30.9 Å². The zero-order valence-electron chi connectivity index (χ0n) is 19.5. The van der Waals surface area contributed by atoms with Crippen molar-refractivity contribution in [1.29, 1.82) is 0 Å². The number of hydrogen-bond donors (Lipinski definition) is 2. The van der Waals surface area contributed by atoms with Crippen molar-refractivity contribution in [2.75, 3.05) is 5.32 Å². The number of para-hydroxylation sites is 1. The van der Waals surface area contributed by atoms with Crippen LogP contribution in [0.15, 0.2) is 77.7 Å². The maximum atomic E-state index is 13.8. The Labute approximate surface area is 217 Å². The maximum absolute atomic E-state index is 13.8. The molecule has 0 saturated carbocycles. The third-order valence-electron chi connectivity index (χ3n) is 5.54. The SMILES string of the molecule is Cn1ccc(-c2cc(C(=O)Nc3cc(-c4ccc(=O)[nH]n4)nn3-c3ccccc3)c(Cl)cc2C(F)(F)F)n1. The maximum Gasteiger partial charge on any atom is 0.417 e. The van der Waals surface area contributed by atoms with Crippen LogP contribution < -0.4 is 10.9 Å². The molecule has 5 rings (SSSR count). The lowest BCUT2D eigenvalue weighted by Crippen LogP contribution is -2.17. The van der Waals surface area contributed by atoms with Crippen molar-refractivity contribution >= 4 is 23.3 Å². The van der Waals surface area contributed by atoms with Gasteiger partial charge < -0.3 is 5.32 Å². The molecule has 192 valence electrons. The number of anilines is 1. The van der Waals surface area contributed by atoms with E-state index in [0.717, 1.165) is 6.07 Å². The van der Waals surface area contributed by atoms with E-state index in [1.807, 2.05) is 0 Å². The van der Waals surface area contributed by atoms with Crippen LogP contribution >= 0.6 is 11.6 Å². The molecular weight excluding hydrogens is 523 g/mol. The molecule has 0 fully saturated rings. The Morgan fingerprint density at radius 3 is 2.37 bits per heavy atom. The number of carbonyl (C=O) groups excluding carboxylic acids is 1. The second-order valence-electron chi connectivity index (χ2n) is 8.17. The number of carbonyl (C=O) groups is 1. The van der Waals surface area contributed by atoms with E-state index in [-0.39, 0.29) is 27.7 Å². The minimum atomic E-state index is -4.73. The van der Waals surface area contributed by atoms with Crippen LogP contribution in [-0.2, 0) is 13.2 Å².